The van der Waals surface area contributed by atoms with Crippen LogP contribution in [0, 0.1) is 17.3 Å². The predicted octanol–water partition coefficient (Wildman–Crippen LogP) is 3.24. The molecule has 2 heterocycles. The number of carbonyl (C=O) groups is 1. The molecule has 1 aromatic heterocycles. The van der Waals surface area contributed by atoms with Crippen LogP contribution in [-0.4, -0.2) is 27.0 Å². The minimum Gasteiger partial charge on any atom is -0.345 e. The second kappa shape index (κ2) is 4.54. The van der Waals surface area contributed by atoms with Gasteiger partial charge in [-0.15, -0.1) is 11.8 Å². The zero-order valence-corrected chi connectivity index (χ0v) is 14.6. The van der Waals surface area contributed by atoms with Gasteiger partial charge in [-0.3, -0.25) is 9.48 Å². The summed E-state index contributed by atoms with van der Waals surface area (Å²) in [7, 11) is 1.75. The first-order valence-electron chi connectivity index (χ1n) is 7.70. The maximum atomic E-state index is 12.8. The number of amides is 1. The molecule has 2 bridgehead atoms. The van der Waals surface area contributed by atoms with E-state index in [-0.39, 0.29) is 16.9 Å². The Balaban J connectivity index is 1.71. The summed E-state index contributed by atoms with van der Waals surface area (Å²) in [6, 6.07) is 0. The van der Waals surface area contributed by atoms with E-state index in [0.29, 0.717) is 22.6 Å². The lowest BCUT2D eigenvalue weighted by Crippen LogP contribution is -2.57. The molecular weight excluding hydrogens is 318 g/mol. The van der Waals surface area contributed by atoms with E-state index >= 15 is 0 Å². The quantitative estimate of drug-likeness (QED) is 0.901. The molecule has 0 spiro atoms. The summed E-state index contributed by atoms with van der Waals surface area (Å²) in [6.45, 7) is 4.61. The Morgan fingerprint density at radius 2 is 2.27 bits per heavy atom. The average Bonchev–Trinajstić information content (AvgIpc) is 3.15. The first-order valence-corrected chi connectivity index (χ1v) is 9.13. The molecule has 4 nitrogen and oxygen atoms in total. The van der Waals surface area contributed by atoms with E-state index in [0.717, 1.165) is 18.6 Å². The zero-order valence-electron chi connectivity index (χ0n) is 13.0. The minimum atomic E-state index is -0.150. The van der Waals surface area contributed by atoms with Gasteiger partial charge in [-0.25, -0.2) is 0 Å². The van der Waals surface area contributed by atoms with Crippen LogP contribution in [0.1, 0.15) is 37.0 Å². The van der Waals surface area contributed by atoms with E-state index < -0.39 is 0 Å². The van der Waals surface area contributed by atoms with Crippen LogP contribution in [0.5, 0.6) is 0 Å². The van der Waals surface area contributed by atoms with E-state index in [1.165, 1.54) is 4.68 Å². The van der Waals surface area contributed by atoms with Crippen LogP contribution in [0.4, 0.5) is 0 Å². The normalized spacial score (nSPS) is 34.6. The number of nitrogens with one attached hydrogen (secondary N) is 1. The Morgan fingerprint density at radius 1 is 1.50 bits per heavy atom. The summed E-state index contributed by atoms with van der Waals surface area (Å²) < 4.78 is 1.53. The Hall–Kier alpha value is -0.940. The van der Waals surface area contributed by atoms with Crippen molar-refractivity contribution in [1.29, 1.82) is 0 Å². The summed E-state index contributed by atoms with van der Waals surface area (Å²) >= 11 is 8.08. The molecule has 3 unspecified atom stereocenters. The van der Waals surface area contributed by atoms with Gasteiger partial charge in [-0.1, -0.05) is 31.0 Å². The number of hydrogen-bond donors (Lipinski definition) is 1. The van der Waals surface area contributed by atoms with Crippen LogP contribution in [-0.2, 0) is 7.05 Å². The van der Waals surface area contributed by atoms with Gasteiger partial charge in [0.25, 0.3) is 5.91 Å². The minimum absolute atomic E-state index is 0.0921. The SMILES string of the molecule is Cn1ncc(C(=O)NC23CCC(C4=CSCC42)C3(C)C)c1Cl. The summed E-state index contributed by atoms with van der Waals surface area (Å²) in [5, 5.41) is 10.2. The lowest BCUT2D eigenvalue weighted by atomic mass is 9.72. The molecule has 3 aliphatic rings. The number of carbonyl (C=O) groups excluding carboxylic acids is 1. The van der Waals surface area contributed by atoms with Crippen molar-refractivity contribution < 1.29 is 4.79 Å². The monoisotopic (exact) mass is 337 g/mol. The van der Waals surface area contributed by atoms with Gasteiger partial charge >= 0.3 is 0 Å². The molecule has 0 aromatic carbocycles. The van der Waals surface area contributed by atoms with Gasteiger partial charge in [-0.2, -0.15) is 5.10 Å². The number of aromatic nitrogens is 2. The van der Waals surface area contributed by atoms with Gasteiger partial charge in [0.1, 0.15) is 5.15 Å². The average molecular weight is 338 g/mol. The lowest BCUT2D eigenvalue weighted by molar-refractivity contribution is 0.0773. The second-order valence-electron chi connectivity index (χ2n) is 7.21. The Bertz CT molecular complexity index is 696. The molecule has 6 heteroatoms. The second-order valence-corrected chi connectivity index (χ2v) is 8.48. The number of rotatable bonds is 2. The highest BCUT2D eigenvalue weighted by molar-refractivity contribution is 8.02. The molecule has 3 atom stereocenters. The van der Waals surface area contributed by atoms with Crippen molar-refractivity contribution in [3.63, 3.8) is 0 Å². The third kappa shape index (κ3) is 1.61. The summed E-state index contributed by atoms with van der Waals surface area (Å²) in [6.07, 6.45) is 3.77. The van der Waals surface area contributed by atoms with Gasteiger partial charge in [0, 0.05) is 18.7 Å². The van der Waals surface area contributed by atoms with Crippen LogP contribution in [0.2, 0.25) is 5.15 Å². The zero-order chi connectivity index (χ0) is 15.7. The molecule has 118 valence electrons. The topological polar surface area (TPSA) is 46.9 Å². The maximum absolute atomic E-state index is 12.8. The Kier molecular flexibility index (Phi) is 3.02. The molecule has 22 heavy (non-hydrogen) atoms. The number of halogens is 1. The highest BCUT2D eigenvalue weighted by Crippen LogP contribution is 2.67. The van der Waals surface area contributed by atoms with Crippen LogP contribution in [0.15, 0.2) is 17.2 Å². The molecule has 2 aliphatic carbocycles. The van der Waals surface area contributed by atoms with Gasteiger partial charge in [0.05, 0.1) is 17.3 Å². The van der Waals surface area contributed by atoms with Gasteiger partial charge in [0.2, 0.25) is 0 Å². The fraction of sp³-hybridized carbons (Fsp3) is 0.625. The fourth-order valence-electron chi connectivity index (χ4n) is 4.90. The van der Waals surface area contributed by atoms with Crippen LogP contribution < -0.4 is 5.32 Å². The number of nitrogens with zero attached hydrogens (tertiary/aromatic N) is 2. The van der Waals surface area contributed by atoms with Crippen molar-refractivity contribution >= 4 is 29.3 Å². The number of hydrogen-bond acceptors (Lipinski definition) is 3. The fourth-order valence-corrected chi connectivity index (χ4v) is 6.36. The van der Waals surface area contributed by atoms with Crippen LogP contribution in [0.3, 0.4) is 0 Å². The van der Waals surface area contributed by atoms with Crippen molar-refractivity contribution in [3.05, 3.63) is 27.9 Å². The van der Waals surface area contributed by atoms with Crippen LogP contribution >= 0.6 is 23.4 Å². The molecule has 1 N–H and O–H groups in total. The van der Waals surface area contributed by atoms with Gasteiger partial charge in [0.15, 0.2) is 0 Å². The lowest BCUT2D eigenvalue weighted by Gasteiger charge is -2.42. The third-order valence-corrected chi connectivity index (χ3v) is 7.59. The summed E-state index contributed by atoms with van der Waals surface area (Å²) in [4.78, 5) is 12.8. The van der Waals surface area contributed by atoms with Gasteiger partial charge in [-0.05, 0) is 29.6 Å². The predicted molar refractivity (Wildman–Crippen MR) is 89.0 cm³/mol. The molecule has 2 saturated carbocycles. The first kappa shape index (κ1) is 14.6. The first-order chi connectivity index (χ1) is 10.4. The maximum Gasteiger partial charge on any atom is 0.256 e. The van der Waals surface area contributed by atoms with Gasteiger partial charge < -0.3 is 5.32 Å². The Morgan fingerprint density at radius 3 is 2.95 bits per heavy atom. The van der Waals surface area contributed by atoms with E-state index in [1.54, 1.807) is 18.8 Å². The van der Waals surface area contributed by atoms with Crippen molar-refractivity contribution in [2.24, 2.45) is 24.3 Å². The van der Waals surface area contributed by atoms with E-state index in [9.17, 15) is 4.79 Å². The molecule has 0 radical (unpaired) electrons. The molecule has 0 saturated heterocycles. The summed E-state index contributed by atoms with van der Waals surface area (Å²) in [5.41, 5.74) is 1.97. The van der Waals surface area contributed by atoms with Crippen molar-refractivity contribution in [2.75, 3.05) is 5.75 Å². The van der Waals surface area contributed by atoms with E-state index in [1.807, 2.05) is 11.8 Å². The molecule has 1 aromatic rings. The van der Waals surface area contributed by atoms with Crippen molar-refractivity contribution in [2.45, 2.75) is 32.2 Å². The highest BCUT2D eigenvalue weighted by Gasteiger charge is 2.67. The Labute approximate surface area is 139 Å². The standard InChI is InChI=1S/C16H20ClN3OS/c1-15(2)11-4-5-16(15,12-8-22-7-10(11)12)19-14(21)9-6-18-20(3)13(9)17/h6-7,11-12H,4-5,8H2,1-3H3,(H,19,21). The summed E-state index contributed by atoms with van der Waals surface area (Å²) in [5.74, 6) is 2.05. The third-order valence-electron chi connectivity index (χ3n) is 6.18. The molecule has 1 aliphatic heterocycles. The highest BCUT2D eigenvalue weighted by atomic mass is 35.5. The number of aryl methyl sites for hydroxylation is 1. The van der Waals surface area contributed by atoms with Crippen LogP contribution in [0.25, 0.3) is 0 Å². The molecule has 2 fully saturated rings. The van der Waals surface area contributed by atoms with Crippen molar-refractivity contribution in [3.8, 4) is 0 Å². The van der Waals surface area contributed by atoms with E-state index in [4.69, 9.17) is 11.6 Å². The van der Waals surface area contributed by atoms with Crippen molar-refractivity contribution in [1.82, 2.24) is 15.1 Å². The molecule has 1 amide bonds. The smallest absolute Gasteiger partial charge is 0.256 e. The largest absolute Gasteiger partial charge is 0.345 e. The number of thioether (sulfide) groups is 1. The number of fused-ring (bicyclic) bond motifs is 5. The molecule has 4 rings (SSSR count). The molecular formula is C16H20ClN3OS. The van der Waals surface area contributed by atoms with E-state index in [2.05, 4.69) is 29.7 Å².